The van der Waals surface area contributed by atoms with Crippen LogP contribution in [0.25, 0.3) is 10.4 Å². The van der Waals surface area contributed by atoms with E-state index in [0.29, 0.717) is 35.1 Å². The Bertz CT molecular complexity index is 1190. The van der Waals surface area contributed by atoms with Crippen LogP contribution in [0.15, 0.2) is 29.3 Å². The average molecular weight is 526 g/mol. The molecule has 192 valence electrons. The van der Waals surface area contributed by atoms with Crippen molar-refractivity contribution in [2.24, 2.45) is 0 Å². The lowest BCUT2D eigenvalue weighted by Crippen LogP contribution is -2.48. The Balaban J connectivity index is 2.03. The van der Waals surface area contributed by atoms with E-state index in [-0.39, 0.29) is 16.7 Å². The average Bonchev–Trinajstić information content (AvgIpc) is 3.21. The van der Waals surface area contributed by atoms with Gasteiger partial charge in [-0.25, -0.2) is 27.7 Å². The van der Waals surface area contributed by atoms with E-state index in [1.54, 1.807) is 52.9 Å². The van der Waals surface area contributed by atoms with E-state index in [9.17, 15) is 23.1 Å². The number of nitrogens with zero attached hydrogens (tertiary/aromatic N) is 2. The van der Waals surface area contributed by atoms with Gasteiger partial charge in [0, 0.05) is 42.6 Å². The minimum absolute atomic E-state index is 0.0400. The minimum atomic E-state index is -4.00. The lowest BCUT2D eigenvalue weighted by Gasteiger charge is -2.32. The maximum absolute atomic E-state index is 13.3. The van der Waals surface area contributed by atoms with Gasteiger partial charge in [0.05, 0.1) is 21.9 Å². The zero-order valence-corrected chi connectivity index (χ0v) is 21.9. The number of aromatic nitrogens is 1. The molecule has 0 saturated carbocycles. The maximum Gasteiger partial charge on any atom is 0.411 e. The predicted octanol–water partition coefficient (Wildman–Crippen LogP) is 3.47. The van der Waals surface area contributed by atoms with Gasteiger partial charge in [-0.2, -0.15) is 0 Å². The predicted molar refractivity (Wildman–Crippen MR) is 133 cm³/mol. The number of carboxylic acid groups (broad SMARTS) is 1. The summed E-state index contributed by atoms with van der Waals surface area (Å²) in [6.45, 7) is 9.90. The number of amides is 2. The zero-order valence-electron chi connectivity index (χ0n) is 20.3. The zero-order chi connectivity index (χ0) is 26.0. The van der Waals surface area contributed by atoms with Crippen molar-refractivity contribution in [3.8, 4) is 10.4 Å². The molecule has 1 fully saturated rings. The molecule has 1 aromatic heterocycles. The topological polar surface area (TPSA) is 150 Å². The van der Waals surface area contributed by atoms with Gasteiger partial charge in [0.25, 0.3) is 0 Å². The van der Waals surface area contributed by atoms with Crippen LogP contribution in [-0.2, 0) is 14.8 Å². The molecular formula is C22H31N5O6S2. The maximum atomic E-state index is 13.3. The van der Waals surface area contributed by atoms with E-state index >= 15 is 0 Å². The number of carbonyl (C=O) groups excluding carboxylic acids is 1. The molecule has 0 aliphatic carbocycles. The number of benzene rings is 1. The highest BCUT2D eigenvalue weighted by molar-refractivity contribution is 7.89. The monoisotopic (exact) mass is 525 g/mol. The number of hydrogen-bond donors (Lipinski definition) is 4. The number of thiazole rings is 1. The fourth-order valence-corrected chi connectivity index (χ4v) is 6.37. The Morgan fingerprint density at radius 1 is 1.31 bits per heavy atom. The molecule has 2 heterocycles. The van der Waals surface area contributed by atoms with Crippen molar-refractivity contribution in [2.75, 3.05) is 25.0 Å². The molecule has 0 spiro atoms. The van der Waals surface area contributed by atoms with Gasteiger partial charge in [0.1, 0.15) is 5.01 Å². The van der Waals surface area contributed by atoms with E-state index < -0.39 is 33.8 Å². The molecule has 1 aliphatic rings. The van der Waals surface area contributed by atoms with Crippen LogP contribution in [0.3, 0.4) is 0 Å². The van der Waals surface area contributed by atoms with Crippen molar-refractivity contribution < 1.29 is 27.9 Å². The van der Waals surface area contributed by atoms with Crippen LogP contribution in [0.2, 0.25) is 0 Å². The number of hydrogen-bond acceptors (Lipinski definition) is 8. The fraction of sp³-hybridized carbons (Fsp3) is 0.500. The highest BCUT2D eigenvalue weighted by Gasteiger charge is 2.31. The molecule has 3 rings (SSSR count). The molecule has 4 N–H and O–H groups in total. The third-order valence-corrected chi connectivity index (χ3v) is 7.79. The van der Waals surface area contributed by atoms with Gasteiger partial charge < -0.3 is 15.2 Å². The van der Waals surface area contributed by atoms with Crippen molar-refractivity contribution in [3.63, 3.8) is 0 Å². The van der Waals surface area contributed by atoms with E-state index in [1.807, 2.05) is 0 Å². The molecule has 1 atom stereocenters. The van der Waals surface area contributed by atoms with Crippen molar-refractivity contribution >= 4 is 39.2 Å². The number of nitrogens with one attached hydrogen (secondary N) is 3. The lowest BCUT2D eigenvalue weighted by atomic mass is 10.1. The lowest BCUT2D eigenvalue weighted by molar-refractivity contribution is 0.112. The first-order valence-electron chi connectivity index (χ1n) is 11.1. The Morgan fingerprint density at radius 2 is 2.03 bits per heavy atom. The van der Waals surface area contributed by atoms with Crippen LogP contribution in [0.4, 0.5) is 15.3 Å². The standard InChI is InChI=1S/C22H31N5O6S2/c1-13(2)33-20(28)25-14-6-7-15(18(10-14)35(31,32)26-22(3,4)5)17-12-24-19(34-17)16-11-23-8-9-27(16)21(29)30/h6-7,10,12-13,16,23,26H,8-9,11H2,1-5H3,(H,25,28)(H,29,30). The summed E-state index contributed by atoms with van der Waals surface area (Å²) in [7, 11) is -4.00. The van der Waals surface area contributed by atoms with Gasteiger partial charge in [-0.3, -0.25) is 10.2 Å². The molecule has 1 aliphatic heterocycles. The second kappa shape index (κ2) is 10.5. The van der Waals surface area contributed by atoms with E-state index in [0.717, 1.165) is 0 Å². The van der Waals surface area contributed by atoms with Gasteiger partial charge in [-0.1, -0.05) is 6.07 Å². The third-order valence-electron chi connectivity index (χ3n) is 4.86. The summed E-state index contributed by atoms with van der Waals surface area (Å²) in [5.74, 6) is 0. The summed E-state index contributed by atoms with van der Waals surface area (Å²) in [4.78, 5) is 30.0. The highest BCUT2D eigenvalue weighted by atomic mass is 32.2. The first kappa shape index (κ1) is 26.9. The first-order valence-corrected chi connectivity index (χ1v) is 13.4. The second-order valence-electron chi connectivity index (χ2n) is 9.40. The minimum Gasteiger partial charge on any atom is -0.465 e. The third kappa shape index (κ3) is 6.90. The second-order valence-corrected chi connectivity index (χ2v) is 12.1. The quantitative estimate of drug-likeness (QED) is 0.448. The largest absolute Gasteiger partial charge is 0.465 e. The van der Waals surface area contributed by atoms with Crippen molar-refractivity contribution in [1.82, 2.24) is 19.9 Å². The number of ether oxygens (including phenoxy) is 1. The Hall–Kier alpha value is -2.74. The van der Waals surface area contributed by atoms with Crippen LogP contribution in [-0.4, -0.2) is 66.9 Å². The van der Waals surface area contributed by atoms with Gasteiger partial charge in [-0.15, -0.1) is 11.3 Å². The Morgan fingerprint density at radius 3 is 2.66 bits per heavy atom. The summed E-state index contributed by atoms with van der Waals surface area (Å²) in [5.41, 5.74) is -0.101. The number of sulfonamides is 1. The first-order chi connectivity index (χ1) is 16.3. The molecule has 1 aromatic carbocycles. The smallest absolute Gasteiger partial charge is 0.411 e. The summed E-state index contributed by atoms with van der Waals surface area (Å²) < 4.78 is 34.4. The van der Waals surface area contributed by atoms with E-state index in [2.05, 4.69) is 20.3 Å². The molecule has 35 heavy (non-hydrogen) atoms. The van der Waals surface area contributed by atoms with E-state index in [4.69, 9.17) is 4.74 Å². The van der Waals surface area contributed by atoms with Crippen molar-refractivity contribution in [2.45, 2.75) is 57.2 Å². The number of rotatable bonds is 6. The summed E-state index contributed by atoms with van der Waals surface area (Å²) in [6.07, 6.45) is -0.524. The van der Waals surface area contributed by atoms with Crippen molar-refractivity contribution in [3.05, 3.63) is 29.4 Å². The number of piperazine rings is 1. The van der Waals surface area contributed by atoms with Gasteiger partial charge >= 0.3 is 12.2 Å². The van der Waals surface area contributed by atoms with Crippen LogP contribution < -0.4 is 15.4 Å². The van der Waals surface area contributed by atoms with E-state index in [1.165, 1.54) is 22.3 Å². The Kier molecular flexibility index (Phi) is 8.04. The van der Waals surface area contributed by atoms with Crippen LogP contribution in [0.5, 0.6) is 0 Å². The van der Waals surface area contributed by atoms with Crippen LogP contribution >= 0.6 is 11.3 Å². The van der Waals surface area contributed by atoms with Crippen molar-refractivity contribution in [1.29, 1.82) is 0 Å². The SMILES string of the molecule is CC(C)OC(=O)Nc1ccc(-c2cnc(C3CNCCN3C(=O)O)s2)c(S(=O)(=O)NC(C)(C)C)c1. The summed E-state index contributed by atoms with van der Waals surface area (Å²) >= 11 is 1.23. The normalized spacial score (nSPS) is 16.9. The molecule has 0 radical (unpaired) electrons. The highest BCUT2D eigenvalue weighted by Crippen LogP contribution is 2.37. The molecule has 13 heteroatoms. The number of anilines is 1. The molecule has 1 unspecified atom stereocenters. The van der Waals surface area contributed by atoms with Gasteiger partial charge in [0.2, 0.25) is 10.0 Å². The summed E-state index contributed by atoms with van der Waals surface area (Å²) in [6, 6.07) is 4.07. The molecule has 2 aromatic rings. The van der Waals surface area contributed by atoms with Crippen LogP contribution in [0, 0.1) is 0 Å². The van der Waals surface area contributed by atoms with Gasteiger partial charge in [-0.05, 0) is 46.8 Å². The van der Waals surface area contributed by atoms with Crippen LogP contribution in [0.1, 0.15) is 45.7 Å². The molecule has 2 amide bonds. The molecule has 11 nitrogen and oxygen atoms in total. The summed E-state index contributed by atoms with van der Waals surface area (Å²) in [5, 5.41) is 15.8. The Labute approximate surface area is 208 Å². The van der Waals surface area contributed by atoms with Gasteiger partial charge in [0.15, 0.2) is 0 Å². The molecule has 0 bridgehead atoms. The molecule has 1 saturated heterocycles. The fourth-order valence-electron chi connectivity index (χ4n) is 3.57. The molecular weight excluding hydrogens is 494 g/mol. The number of carbonyl (C=O) groups is 2.